The van der Waals surface area contributed by atoms with Gasteiger partial charge in [-0.25, -0.2) is 4.79 Å². The quantitative estimate of drug-likeness (QED) is 0.640. The Morgan fingerprint density at radius 1 is 1.17 bits per heavy atom. The van der Waals surface area contributed by atoms with Crippen molar-refractivity contribution in [3.05, 3.63) is 88.7 Å². The van der Waals surface area contributed by atoms with Crippen molar-refractivity contribution < 1.29 is 14.6 Å². The molecule has 4 rings (SSSR count). The second-order valence-electron chi connectivity index (χ2n) is 7.41. The van der Waals surface area contributed by atoms with Crippen LogP contribution in [0.5, 0.6) is 11.5 Å². The largest absolute Gasteiger partial charge is 0.478 e. The lowest BCUT2D eigenvalue weighted by Crippen LogP contribution is -2.30. The van der Waals surface area contributed by atoms with Gasteiger partial charge in [-0.05, 0) is 79.8 Å². The summed E-state index contributed by atoms with van der Waals surface area (Å²) in [5, 5.41) is 12.9. The van der Waals surface area contributed by atoms with Crippen LogP contribution in [-0.4, -0.2) is 22.6 Å². The van der Waals surface area contributed by atoms with Crippen molar-refractivity contribution in [2.75, 3.05) is 6.54 Å². The fraction of sp³-hybridized carbons (Fsp3) is 0.250. The van der Waals surface area contributed by atoms with Crippen LogP contribution in [0, 0.1) is 6.92 Å². The number of rotatable bonds is 6. The number of carboxylic acids is 1. The molecule has 148 valence electrons. The van der Waals surface area contributed by atoms with Gasteiger partial charge in [-0.1, -0.05) is 23.8 Å². The number of hydrogen-bond acceptors (Lipinski definition) is 4. The van der Waals surface area contributed by atoms with E-state index >= 15 is 0 Å². The summed E-state index contributed by atoms with van der Waals surface area (Å²) in [6.45, 7) is 2.95. The Balaban J connectivity index is 1.48. The zero-order valence-electron chi connectivity index (χ0n) is 16.4. The van der Waals surface area contributed by atoms with Gasteiger partial charge in [-0.3, -0.25) is 4.98 Å². The third-order valence-corrected chi connectivity index (χ3v) is 5.37. The molecule has 0 saturated carbocycles. The number of aryl methyl sites for hydroxylation is 2. The Kier molecular flexibility index (Phi) is 5.58. The van der Waals surface area contributed by atoms with E-state index in [0.717, 1.165) is 36.4 Å². The van der Waals surface area contributed by atoms with Crippen molar-refractivity contribution in [1.29, 1.82) is 0 Å². The summed E-state index contributed by atoms with van der Waals surface area (Å²) in [6.07, 6.45) is 5.61. The van der Waals surface area contributed by atoms with Gasteiger partial charge < -0.3 is 15.2 Å². The predicted octanol–water partition coefficient (Wildman–Crippen LogP) is 4.70. The zero-order chi connectivity index (χ0) is 20.2. The average Bonchev–Trinajstić information content (AvgIpc) is 2.74. The summed E-state index contributed by atoms with van der Waals surface area (Å²) >= 11 is 0. The average molecular weight is 388 g/mol. The number of ether oxygens (including phenoxy) is 1. The maximum atomic E-state index is 11.4. The highest BCUT2D eigenvalue weighted by atomic mass is 16.5. The first-order valence-corrected chi connectivity index (χ1v) is 9.87. The molecule has 1 aliphatic rings. The fourth-order valence-corrected chi connectivity index (χ4v) is 3.83. The number of carboxylic acid groups (broad SMARTS) is 1. The number of hydrogen-bond donors (Lipinski definition) is 2. The van der Waals surface area contributed by atoms with Crippen LogP contribution in [0.3, 0.4) is 0 Å². The molecule has 2 N–H and O–H groups in total. The Morgan fingerprint density at radius 3 is 2.76 bits per heavy atom. The summed E-state index contributed by atoms with van der Waals surface area (Å²) in [5.74, 6) is 0.768. The van der Waals surface area contributed by atoms with E-state index in [1.54, 1.807) is 12.3 Å². The molecule has 0 amide bonds. The first kappa shape index (κ1) is 19.2. The third kappa shape index (κ3) is 4.46. The SMILES string of the molecule is Cc1ccc(Oc2ccc3c(c2)CCN[C@@H]3CCc2cnccc2C(=O)O)cc1. The van der Waals surface area contributed by atoms with Crippen LogP contribution in [0.1, 0.15) is 45.1 Å². The monoisotopic (exact) mass is 388 g/mol. The van der Waals surface area contributed by atoms with Crippen molar-refractivity contribution >= 4 is 5.97 Å². The van der Waals surface area contributed by atoms with E-state index in [0.29, 0.717) is 12.0 Å². The van der Waals surface area contributed by atoms with Crippen LogP contribution < -0.4 is 10.1 Å². The zero-order valence-corrected chi connectivity index (χ0v) is 16.4. The Labute approximate surface area is 170 Å². The first-order valence-electron chi connectivity index (χ1n) is 9.87. The second kappa shape index (κ2) is 8.45. The third-order valence-electron chi connectivity index (χ3n) is 5.37. The van der Waals surface area contributed by atoms with Gasteiger partial charge in [0.25, 0.3) is 0 Å². The van der Waals surface area contributed by atoms with Gasteiger partial charge in [-0.15, -0.1) is 0 Å². The fourth-order valence-electron chi connectivity index (χ4n) is 3.83. The summed E-state index contributed by atoms with van der Waals surface area (Å²) in [5.41, 5.74) is 4.85. The van der Waals surface area contributed by atoms with Gasteiger partial charge in [0.15, 0.2) is 0 Å². The summed E-state index contributed by atoms with van der Waals surface area (Å²) in [6, 6.07) is 16.0. The molecule has 1 aliphatic heterocycles. The lowest BCUT2D eigenvalue weighted by molar-refractivity contribution is 0.0695. The molecule has 0 saturated heterocycles. The van der Waals surface area contributed by atoms with E-state index in [9.17, 15) is 9.90 Å². The van der Waals surface area contributed by atoms with Crippen LogP contribution >= 0.6 is 0 Å². The normalized spacial score (nSPS) is 15.6. The highest BCUT2D eigenvalue weighted by Gasteiger charge is 2.21. The van der Waals surface area contributed by atoms with Crippen LogP contribution in [0.2, 0.25) is 0 Å². The topological polar surface area (TPSA) is 71.5 Å². The van der Waals surface area contributed by atoms with Gasteiger partial charge in [0.2, 0.25) is 0 Å². The van der Waals surface area contributed by atoms with Gasteiger partial charge in [0, 0.05) is 18.4 Å². The minimum Gasteiger partial charge on any atom is -0.478 e. The molecule has 0 fully saturated rings. The van der Waals surface area contributed by atoms with E-state index < -0.39 is 5.97 Å². The van der Waals surface area contributed by atoms with Gasteiger partial charge >= 0.3 is 5.97 Å². The maximum Gasteiger partial charge on any atom is 0.336 e. The van der Waals surface area contributed by atoms with Crippen LogP contribution in [-0.2, 0) is 12.8 Å². The van der Waals surface area contributed by atoms with E-state index in [1.807, 2.05) is 30.3 Å². The lowest BCUT2D eigenvalue weighted by atomic mass is 9.90. The standard InChI is InChI=1S/C24H24N2O3/c1-16-2-5-19(6-3-16)29-20-7-8-21-17(14-20)10-13-26-23(21)9-4-18-15-25-12-11-22(18)24(27)28/h2-3,5-8,11-12,14-15,23,26H,4,9-10,13H2,1H3,(H,27,28)/t23-/m1/s1. The molecule has 5 nitrogen and oxygen atoms in total. The minimum absolute atomic E-state index is 0.189. The van der Waals surface area contributed by atoms with Gasteiger partial charge in [-0.2, -0.15) is 0 Å². The molecule has 5 heteroatoms. The van der Waals surface area contributed by atoms with Crippen molar-refractivity contribution in [3.8, 4) is 11.5 Å². The highest BCUT2D eigenvalue weighted by molar-refractivity contribution is 5.89. The van der Waals surface area contributed by atoms with Crippen LogP contribution in [0.15, 0.2) is 60.9 Å². The number of aromatic nitrogens is 1. The van der Waals surface area contributed by atoms with Crippen molar-refractivity contribution in [2.24, 2.45) is 0 Å². The number of aromatic carboxylic acids is 1. The molecule has 3 aromatic rings. The van der Waals surface area contributed by atoms with E-state index in [-0.39, 0.29) is 6.04 Å². The molecule has 2 heterocycles. The van der Waals surface area contributed by atoms with E-state index in [4.69, 9.17) is 4.74 Å². The van der Waals surface area contributed by atoms with Crippen molar-refractivity contribution in [2.45, 2.75) is 32.2 Å². The lowest BCUT2D eigenvalue weighted by Gasteiger charge is -2.27. The van der Waals surface area contributed by atoms with Crippen LogP contribution in [0.4, 0.5) is 0 Å². The Morgan fingerprint density at radius 2 is 1.97 bits per heavy atom. The summed E-state index contributed by atoms with van der Waals surface area (Å²) < 4.78 is 6.01. The van der Waals surface area contributed by atoms with E-state index in [1.165, 1.54) is 22.9 Å². The van der Waals surface area contributed by atoms with Gasteiger partial charge in [0.1, 0.15) is 11.5 Å². The van der Waals surface area contributed by atoms with Crippen LogP contribution in [0.25, 0.3) is 0 Å². The molecule has 1 atom stereocenters. The number of fused-ring (bicyclic) bond motifs is 1. The van der Waals surface area contributed by atoms with Gasteiger partial charge in [0.05, 0.1) is 5.56 Å². The number of carbonyl (C=O) groups is 1. The molecule has 1 aromatic heterocycles. The number of benzene rings is 2. The Bertz CT molecular complexity index is 1010. The predicted molar refractivity (Wildman–Crippen MR) is 112 cm³/mol. The molecular formula is C24H24N2O3. The van der Waals surface area contributed by atoms with Crippen molar-refractivity contribution in [3.63, 3.8) is 0 Å². The molecule has 0 unspecified atom stereocenters. The number of nitrogens with one attached hydrogen (secondary N) is 1. The molecule has 0 aliphatic carbocycles. The molecule has 0 radical (unpaired) electrons. The second-order valence-corrected chi connectivity index (χ2v) is 7.41. The number of nitrogens with zero attached hydrogens (tertiary/aromatic N) is 1. The summed E-state index contributed by atoms with van der Waals surface area (Å²) in [7, 11) is 0. The van der Waals surface area contributed by atoms with E-state index in [2.05, 4.69) is 29.4 Å². The molecule has 0 bridgehead atoms. The summed E-state index contributed by atoms with van der Waals surface area (Å²) in [4.78, 5) is 15.5. The smallest absolute Gasteiger partial charge is 0.336 e. The maximum absolute atomic E-state index is 11.4. The minimum atomic E-state index is -0.905. The molecule has 0 spiro atoms. The van der Waals surface area contributed by atoms with Crippen molar-refractivity contribution in [1.82, 2.24) is 10.3 Å². The highest BCUT2D eigenvalue weighted by Crippen LogP contribution is 2.31. The number of pyridine rings is 1. The molecule has 2 aromatic carbocycles. The molecular weight excluding hydrogens is 364 g/mol. The first-order chi connectivity index (χ1) is 14.1. The Hall–Kier alpha value is -3.18. The molecule has 29 heavy (non-hydrogen) atoms.